The minimum Gasteiger partial charge on any atom is -0.481 e. The van der Waals surface area contributed by atoms with Crippen molar-refractivity contribution in [3.8, 4) is 0 Å². The number of carbonyl (C=O) groups excluding carboxylic acids is 12. The van der Waals surface area contributed by atoms with Crippen molar-refractivity contribution in [1.29, 1.82) is 0 Å². The highest BCUT2D eigenvalue weighted by atomic mass is 16.5. The highest BCUT2D eigenvalue weighted by molar-refractivity contribution is 5.99. The molecule has 0 bridgehead atoms. The molecule has 1 saturated heterocycles. The molecular formula is C60H103N17O16. The van der Waals surface area contributed by atoms with Gasteiger partial charge < -0.3 is 108 Å². The summed E-state index contributed by atoms with van der Waals surface area (Å²) in [5, 5.41) is 48.0. The Morgan fingerprint density at radius 3 is 1.58 bits per heavy atom. The van der Waals surface area contributed by atoms with Crippen LogP contribution in [0.4, 0.5) is 0 Å². The molecule has 1 aromatic carbocycles. The van der Waals surface area contributed by atoms with Crippen molar-refractivity contribution in [1.82, 2.24) is 58.5 Å². The van der Waals surface area contributed by atoms with Crippen LogP contribution in [-0.2, 0) is 73.5 Å². The summed E-state index contributed by atoms with van der Waals surface area (Å²) in [4.78, 5) is 180. The number of carbonyl (C=O) groups is 13. The van der Waals surface area contributed by atoms with E-state index in [1.807, 2.05) is 13.8 Å². The molecule has 1 aliphatic rings. The van der Waals surface area contributed by atoms with Gasteiger partial charge in [0.05, 0.1) is 6.10 Å². The minimum absolute atomic E-state index is 0.0181. The van der Waals surface area contributed by atoms with Gasteiger partial charge in [-0.2, -0.15) is 0 Å². The van der Waals surface area contributed by atoms with Crippen LogP contribution in [0.25, 0.3) is 0 Å². The van der Waals surface area contributed by atoms with Crippen LogP contribution in [0.5, 0.6) is 0 Å². The summed E-state index contributed by atoms with van der Waals surface area (Å²) < 4.78 is 5.48. The van der Waals surface area contributed by atoms with Gasteiger partial charge in [0, 0.05) is 25.8 Å². The van der Waals surface area contributed by atoms with E-state index < -0.39 is 175 Å². The maximum Gasteiger partial charge on any atom is 0.323 e. The number of hydrogen-bond acceptors (Lipinski definition) is 21. The van der Waals surface area contributed by atoms with Gasteiger partial charge in [0.15, 0.2) is 0 Å². The number of unbranched alkanes of at least 4 members (excludes halogenated alkanes) is 1. The predicted octanol–water partition coefficient (Wildman–Crippen LogP) is -5.89. The van der Waals surface area contributed by atoms with Gasteiger partial charge in [-0.25, -0.2) is 0 Å². The summed E-state index contributed by atoms with van der Waals surface area (Å²) in [5.74, 6) is -12.7. The summed E-state index contributed by atoms with van der Waals surface area (Å²) in [6.07, 6.45) is -3.80. The molecule has 1 aliphatic heterocycles. The van der Waals surface area contributed by atoms with E-state index in [4.69, 9.17) is 39.1 Å². The first-order chi connectivity index (χ1) is 44.0. The molecule has 93 heavy (non-hydrogen) atoms. The van der Waals surface area contributed by atoms with Crippen molar-refractivity contribution >= 4 is 76.9 Å². The van der Waals surface area contributed by atoms with Gasteiger partial charge in [-0.1, -0.05) is 70.9 Å². The van der Waals surface area contributed by atoms with Crippen molar-refractivity contribution in [3.05, 3.63) is 35.9 Å². The molecule has 1 fully saturated rings. The number of aliphatic hydroxyl groups is 1. The summed E-state index contributed by atoms with van der Waals surface area (Å²) in [7, 11) is 0. The number of carboxylic acids is 1. The van der Waals surface area contributed by atoms with Crippen LogP contribution in [0.15, 0.2) is 30.3 Å². The first kappa shape index (κ1) is 81.1. The molecule has 0 saturated carbocycles. The predicted molar refractivity (Wildman–Crippen MR) is 340 cm³/mol. The second kappa shape index (κ2) is 43.0. The van der Waals surface area contributed by atoms with Crippen LogP contribution in [0, 0.1) is 11.8 Å². The van der Waals surface area contributed by atoms with Crippen LogP contribution < -0.4 is 92.9 Å². The maximum absolute atomic E-state index is 14.7. The van der Waals surface area contributed by atoms with Crippen molar-refractivity contribution in [2.45, 2.75) is 210 Å². The molecule has 0 radical (unpaired) electrons. The Hall–Kier alpha value is -7.95. The minimum atomic E-state index is -1.88. The van der Waals surface area contributed by atoms with Crippen LogP contribution >= 0.6 is 0 Å². The number of carboxylic acid groups (broad SMARTS) is 1. The molecule has 33 heteroatoms. The fourth-order valence-corrected chi connectivity index (χ4v) is 9.70. The van der Waals surface area contributed by atoms with Gasteiger partial charge in [-0.3, -0.25) is 62.3 Å². The molecule has 0 aliphatic carbocycles. The number of esters is 1. The monoisotopic (exact) mass is 1320 g/mol. The number of nitrogens with two attached hydrogens (primary N) is 6. The quantitative estimate of drug-likeness (QED) is 0.0230. The number of amides is 11. The van der Waals surface area contributed by atoms with Crippen LogP contribution in [0.1, 0.15) is 131 Å². The third-order valence-electron chi connectivity index (χ3n) is 14.9. The lowest BCUT2D eigenvalue weighted by Crippen LogP contribution is -2.62. The van der Waals surface area contributed by atoms with Gasteiger partial charge >= 0.3 is 11.9 Å². The number of hydrogen-bond donors (Lipinski definition) is 19. The molecule has 33 nitrogen and oxygen atoms in total. The molecule has 11 amide bonds. The zero-order valence-electron chi connectivity index (χ0n) is 54.3. The Morgan fingerprint density at radius 1 is 0.559 bits per heavy atom. The second-order valence-corrected chi connectivity index (χ2v) is 23.9. The zero-order valence-corrected chi connectivity index (χ0v) is 54.3. The highest BCUT2D eigenvalue weighted by Crippen LogP contribution is 2.14. The Morgan fingerprint density at radius 2 is 1.06 bits per heavy atom. The summed E-state index contributed by atoms with van der Waals surface area (Å²) in [6.45, 7) is 8.47. The molecule has 13 atom stereocenters. The highest BCUT2D eigenvalue weighted by Gasteiger charge is 2.39. The molecule has 0 unspecified atom stereocenters. The lowest BCUT2D eigenvalue weighted by Gasteiger charge is -2.30. The standard InChI is InChI=1S/C60H103N17O16/c1-32(2)12-10-11-15-46(79)68-38(18-24-61)54(86)77-49(35(6)93-60(92)37(66)16-17-47(80)81)59(91)73-41(21-27-64)51(83)72-43-23-29-67-58(90)48(34(5)78)76-55(87)42(22-28-65)70-50(82)39(19-25-62)71-56(88)44(30-33(3)4)74-57(89)45(31-36-13-8-7-9-14-36)75-52(84)40(20-26-63)69-53(43)85/h7-9,13-14,32-35,37-45,48-49,78H,10-12,15-31,61-66H2,1-6H3,(H,67,90)(H,68,79)(H,69,85)(H,70,82)(H,71,88)(H,72,83)(H,73,91)(H,74,89)(H,75,84)(H,76,87)(H,77,86)(H,80,81)/t34-,35+,37+,38+,39+,40+,41+,42+,43+,44+,45-,48+,49+/m1/s1. The third-order valence-corrected chi connectivity index (χ3v) is 14.9. The number of rotatable bonds is 33. The number of aliphatic hydroxyl groups excluding tert-OH is 1. The maximum atomic E-state index is 14.7. The van der Waals surface area contributed by atoms with E-state index in [9.17, 15) is 72.5 Å². The van der Waals surface area contributed by atoms with E-state index >= 15 is 0 Å². The van der Waals surface area contributed by atoms with Crippen molar-refractivity contribution in [3.63, 3.8) is 0 Å². The summed E-state index contributed by atoms with van der Waals surface area (Å²) in [5.41, 5.74) is 36.0. The Kier molecular flexibility index (Phi) is 37.6. The van der Waals surface area contributed by atoms with E-state index in [0.717, 1.165) is 12.8 Å². The molecule has 0 aromatic heterocycles. The van der Waals surface area contributed by atoms with Crippen LogP contribution in [0.3, 0.4) is 0 Å². The molecule has 25 N–H and O–H groups in total. The third kappa shape index (κ3) is 30.1. The Labute approximate surface area is 542 Å². The van der Waals surface area contributed by atoms with E-state index in [-0.39, 0.29) is 96.4 Å². The van der Waals surface area contributed by atoms with Gasteiger partial charge in [-0.05, 0) is 122 Å². The van der Waals surface area contributed by atoms with E-state index in [0.29, 0.717) is 17.9 Å². The normalized spacial score (nSPS) is 21.9. The molecular weight excluding hydrogens is 1210 g/mol. The fourth-order valence-electron chi connectivity index (χ4n) is 9.70. The average molecular weight is 1320 g/mol. The molecule has 1 aromatic rings. The fraction of sp³-hybridized carbons (Fsp3) is 0.683. The van der Waals surface area contributed by atoms with Gasteiger partial charge in [0.2, 0.25) is 65.0 Å². The molecule has 2 rings (SSSR count). The topological polar surface area (TPSA) is 560 Å². The molecule has 1 heterocycles. The first-order valence-corrected chi connectivity index (χ1v) is 31.7. The van der Waals surface area contributed by atoms with Crippen molar-refractivity contribution in [2.24, 2.45) is 46.2 Å². The molecule has 0 spiro atoms. The average Bonchev–Trinajstić information content (AvgIpc) is 1.09. The van der Waals surface area contributed by atoms with Gasteiger partial charge in [0.25, 0.3) is 0 Å². The van der Waals surface area contributed by atoms with Gasteiger partial charge in [0.1, 0.15) is 72.6 Å². The lowest BCUT2D eigenvalue weighted by molar-refractivity contribution is -0.154. The van der Waals surface area contributed by atoms with Crippen molar-refractivity contribution in [2.75, 3.05) is 39.3 Å². The van der Waals surface area contributed by atoms with E-state index in [1.165, 1.54) is 13.8 Å². The summed E-state index contributed by atoms with van der Waals surface area (Å²) >= 11 is 0. The van der Waals surface area contributed by atoms with E-state index in [2.05, 4.69) is 58.5 Å². The smallest absolute Gasteiger partial charge is 0.323 e. The second-order valence-electron chi connectivity index (χ2n) is 23.9. The Balaban J connectivity index is 2.80. The van der Waals surface area contributed by atoms with E-state index in [1.54, 1.807) is 44.2 Å². The number of aliphatic carboxylic acids is 1. The molecule has 524 valence electrons. The number of nitrogens with one attached hydrogen (secondary N) is 11. The Bertz CT molecular complexity index is 2620. The largest absolute Gasteiger partial charge is 0.481 e. The van der Waals surface area contributed by atoms with Crippen molar-refractivity contribution < 1.29 is 77.3 Å². The SMILES string of the molecule is CC(C)CCCCC(=O)N[C@@H](CCN)C(=O)N[C@H](C(=O)N[C@@H](CCN)C(=O)N[C@H]1CCNC(=O)[C@H]([C@@H](C)O)NC(=O)[C@H](CCN)NC(=O)[C@H](CCN)NC(=O)[C@H](CC(C)C)NC(=O)[C@@H](Cc2ccccc2)NC(=O)[C@H](CCN)NC1=O)[C@H](C)OC(=O)[C@@H](N)CCC(=O)O. The number of ether oxygens (including phenoxy) is 1. The summed E-state index contributed by atoms with van der Waals surface area (Å²) in [6, 6.07) is -8.63. The van der Waals surface area contributed by atoms with Crippen LogP contribution in [-0.4, -0.2) is 205 Å². The lowest BCUT2D eigenvalue weighted by atomic mass is 10.00. The van der Waals surface area contributed by atoms with Crippen LogP contribution in [0.2, 0.25) is 0 Å². The zero-order chi connectivity index (χ0) is 69.9. The number of benzene rings is 1. The first-order valence-electron chi connectivity index (χ1n) is 31.7. The van der Waals surface area contributed by atoms with Gasteiger partial charge in [-0.15, -0.1) is 0 Å².